The van der Waals surface area contributed by atoms with Crippen molar-refractivity contribution in [2.24, 2.45) is 0 Å². The summed E-state index contributed by atoms with van der Waals surface area (Å²) in [5, 5.41) is 8.42. The molecule has 1 unspecified atom stereocenters. The molecule has 0 aromatic heterocycles. The van der Waals surface area contributed by atoms with Crippen LogP contribution in [0.25, 0.3) is 0 Å². The molecular weight excluding hydrogens is 159 g/mol. The van der Waals surface area contributed by atoms with Gasteiger partial charge in [0.1, 0.15) is 0 Å². The second kappa shape index (κ2) is 2.33. The standard InChI is InChI=1S/C6H6Cl2O/c7-5-2-1-3-6(8,9)4-5/h1-3,9H,4H2. The first-order chi connectivity index (χ1) is 4.10. The van der Waals surface area contributed by atoms with Crippen LogP contribution < -0.4 is 0 Å². The van der Waals surface area contributed by atoms with Crippen LogP contribution in [0.15, 0.2) is 23.3 Å². The highest BCUT2D eigenvalue weighted by atomic mass is 35.5. The maximum absolute atomic E-state index is 9.10. The zero-order valence-electron chi connectivity index (χ0n) is 4.64. The van der Waals surface area contributed by atoms with Crippen molar-refractivity contribution in [1.82, 2.24) is 0 Å². The van der Waals surface area contributed by atoms with Crippen LogP contribution in [-0.4, -0.2) is 10.2 Å². The van der Waals surface area contributed by atoms with Gasteiger partial charge in [0, 0.05) is 11.5 Å². The SMILES string of the molecule is OC1(Cl)C=CC=C(Cl)C1. The molecule has 1 atom stereocenters. The summed E-state index contributed by atoms with van der Waals surface area (Å²) in [5.41, 5.74) is 0. The molecule has 0 bridgehead atoms. The lowest BCUT2D eigenvalue weighted by Gasteiger charge is -2.17. The van der Waals surface area contributed by atoms with Crippen LogP contribution >= 0.6 is 23.2 Å². The highest BCUT2D eigenvalue weighted by molar-refractivity contribution is 6.31. The van der Waals surface area contributed by atoms with Crippen molar-refractivity contribution in [3.63, 3.8) is 0 Å². The van der Waals surface area contributed by atoms with Crippen molar-refractivity contribution in [3.8, 4) is 0 Å². The van der Waals surface area contributed by atoms with Gasteiger partial charge in [-0.05, 0) is 12.2 Å². The second-order valence-corrected chi connectivity index (χ2v) is 3.11. The number of hydrogen-bond donors (Lipinski definition) is 1. The van der Waals surface area contributed by atoms with E-state index in [1.165, 1.54) is 6.08 Å². The minimum atomic E-state index is -1.26. The van der Waals surface area contributed by atoms with Gasteiger partial charge in [0.05, 0.1) is 0 Å². The molecule has 1 N–H and O–H groups in total. The van der Waals surface area contributed by atoms with Crippen molar-refractivity contribution in [1.29, 1.82) is 0 Å². The van der Waals surface area contributed by atoms with Gasteiger partial charge in [0.2, 0.25) is 0 Å². The lowest BCUT2D eigenvalue weighted by Crippen LogP contribution is -2.18. The lowest BCUT2D eigenvalue weighted by atomic mass is 10.1. The number of aliphatic hydroxyl groups is 1. The highest BCUT2D eigenvalue weighted by Gasteiger charge is 2.22. The highest BCUT2D eigenvalue weighted by Crippen LogP contribution is 2.28. The molecule has 50 valence electrons. The third-order valence-corrected chi connectivity index (χ3v) is 1.56. The Kier molecular flexibility index (Phi) is 1.85. The summed E-state index contributed by atoms with van der Waals surface area (Å²) in [4.78, 5) is 0. The van der Waals surface area contributed by atoms with Gasteiger partial charge in [-0.25, -0.2) is 0 Å². The van der Waals surface area contributed by atoms with E-state index in [2.05, 4.69) is 0 Å². The minimum Gasteiger partial charge on any atom is -0.371 e. The van der Waals surface area contributed by atoms with Gasteiger partial charge in [0.15, 0.2) is 5.06 Å². The fourth-order valence-corrected chi connectivity index (χ4v) is 1.22. The van der Waals surface area contributed by atoms with Gasteiger partial charge in [0.25, 0.3) is 0 Å². The maximum Gasteiger partial charge on any atom is 0.162 e. The fraction of sp³-hybridized carbons (Fsp3) is 0.333. The number of rotatable bonds is 0. The average molecular weight is 165 g/mol. The molecule has 9 heavy (non-hydrogen) atoms. The first-order valence-electron chi connectivity index (χ1n) is 2.55. The van der Waals surface area contributed by atoms with Gasteiger partial charge in [-0.1, -0.05) is 29.3 Å². The molecule has 1 aliphatic rings. The van der Waals surface area contributed by atoms with E-state index < -0.39 is 5.06 Å². The zero-order valence-corrected chi connectivity index (χ0v) is 6.15. The van der Waals surface area contributed by atoms with Crippen LogP contribution in [0.1, 0.15) is 6.42 Å². The normalized spacial score (nSPS) is 34.3. The molecule has 1 rings (SSSR count). The van der Waals surface area contributed by atoms with Gasteiger partial charge in [-0.3, -0.25) is 0 Å². The molecule has 1 aliphatic carbocycles. The minimum absolute atomic E-state index is 0.298. The van der Waals surface area contributed by atoms with E-state index in [9.17, 15) is 0 Å². The molecule has 1 nitrogen and oxygen atoms in total. The van der Waals surface area contributed by atoms with E-state index in [1.807, 2.05) is 0 Å². The summed E-state index contributed by atoms with van der Waals surface area (Å²) in [6.45, 7) is 0. The van der Waals surface area contributed by atoms with E-state index in [0.29, 0.717) is 11.5 Å². The van der Waals surface area contributed by atoms with E-state index in [0.717, 1.165) is 0 Å². The molecule has 3 heteroatoms. The lowest BCUT2D eigenvalue weighted by molar-refractivity contribution is 0.180. The summed E-state index contributed by atoms with van der Waals surface area (Å²) in [6.07, 6.45) is 5.14. The fourth-order valence-electron chi connectivity index (χ4n) is 0.655. The number of hydrogen-bond acceptors (Lipinski definition) is 1. The molecule has 0 aromatic rings. The van der Waals surface area contributed by atoms with Crippen molar-refractivity contribution >= 4 is 23.2 Å². The predicted octanol–water partition coefficient (Wildman–Crippen LogP) is 2.00. The second-order valence-electron chi connectivity index (χ2n) is 1.97. The molecule has 0 amide bonds. The van der Waals surface area contributed by atoms with Gasteiger partial charge in [-0.2, -0.15) is 0 Å². The molecule has 0 saturated heterocycles. The average Bonchev–Trinajstić information content (AvgIpc) is 1.60. The zero-order chi connectivity index (χ0) is 6.91. The Bertz CT molecular complexity index is 170. The molecular formula is C6H6Cl2O. The molecule has 0 aliphatic heterocycles. The summed E-state index contributed by atoms with van der Waals surface area (Å²) >= 11 is 11.1. The molecule has 0 aromatic carbocycles. The summed E-state index contributed by atoms with van der Waals surface area (Å²) < 4.78 is 0. The third kappa shape index (κ3) is 2.01. The number of alkyl halides is 1. The first-order valence-corrected chi connectivity index (χ1v) is 3.31. The van der Waals surface area contributed by atoms with Gasteiger partial charge >= 0.3 is 0 Å². The van der Waals surface area contributed by atoms with Gasteiger partial charge < -0.3 is 5.11 Å². The Morgan fingerprint density at radius 2 is 2.33 bits per heavy atom. The Balaban J connectivity index is 2.73. The topological polar surface area (TPSA) is 20.2 Å². The maximum atomic E-state index is 9.10. The molecule has 0 heterocycles. The van der Waals surface area contributed by atoms with Crippen molar-refractivity contribution in [3.05, 3.63) is 23.3 Å². The third-order valence-electron chi connectivity index (χ3n) is 1.05. The molecule has 0 fully saturated rings. The monoisotopic (exact) mass is 164 g/mol. The van der Waals surface area contributed by atoms with Crippen LogP contribution in [0.2, 0.25) is 0 Å². The van der Waals surface area contributed by atoms with E-state index in [1.54, 1.807) is 12.2 Å². The van der Waals surface area contributed by atoms with Crippen LogP contribution in [-0.2, 0) is 0 Å². The van der Waals surface area contributed by atoms with E-state index in [-0.39, 0.29) is 0 Å². The van der Waals surface area contributed by atoms with Crippen LogP contribution in [0, 0.1) is 0 Å². The molecule has 0 saturated carbocycles. The molecule has 0 spiro atoms. The Hall–Kier alpha value is 0.0200. The first kappa shape index (κ1) is 7.13. The summed E-state index contributed by atoms with van der Waals surface area (Å²) in [5.74, 6) is 0. The smallest absolute Gasteiger partial charge is 0.162 e. The summed E-state index contributed by atoms with van der Waals surface area (Å²) in [7, 11) is 0. The van der Waals surface area contributed by atoms with E-state index >= 15 is 0 Å². The van der Waals surface area contributed by atoms with Crippen molar-refractivity contribution < 1.29 is 5.11 Å². The Morgan fingerprint density at radius 1 is 1.67 bits per heavy atom. The Morgan fingerprint density at radius 3 is 2.67 bits per heavy atom. The van der Waals surface area contributed by atoms with Crippen LogP contribution in [0.5, 0.6) is 0 Å². The quantitative estimate of drug-likeness (QED) is 0.544. The number of allylic oxidation sites excluding steroid dienone is 2. The molecule has 0 radical (unpaired) electrons. The largest absolute Gasteiger partial charge is 0.371 e. The van der Waals surface area contributed by atoms with Crippen LogP contribution in [0.3, 0.4) is 0 Å². The van der Waals surface area contributed by atoms with Crippen molar-refractivity contribution in [2.75, 3.05) is 0 Å². The summed E-state index contributed by atoms with van der Waals surface area (Å²) in [6, 6.07) is 0. The van der Waals surface area contributed by atoms with Crippen molar-refractivity contribution in [2.45, 2.75) is 11.5 Å². The van der Waals surface area contributed by atoms with Crippen LogP contribution in [0.4, 0.5) is 0 Å². The predicted molar refractivity (Wildman–Crippen MR) is 38.5 cm³/mol. The number of halogens is 2. The van der Waals surface area contributed by atoms with Gasteiger partial charge in [-0.15, -0.1) is 0 Å². The van der Waals surface area contributed by atoms with E-state index in [4.69, 9.17) is 28.3 Å². The Labute approximate surface area is 63.6 Å².